The third-order valence-electron chi connectivity index (χ3n) is 2.20. The molecule has 1 heterocycles. The van der Waals surface area contributed by atoms with E-state index >= 15 is 0 Å². The second-order valence-corrected chi connectivity index (χ2v) is 3.25. The van der Waals surface area contributed by atoms with Crippen LogP contribution >= 0.6 is 0 Å². The van der Waals surface area contributed by atoms with Crippen molar-refractivity contribution in [3.63, 3.8) is 0 Å². The molecular formula is C11H14N2O2. The number of amides is 1. The summed E-state index contributed by atoms with van der Waals surface area (Å²) in [4.78, 5) is 13.4. The molecular weight excluding hydrogens is 192 g/mol. The molecule has 0 bridgehead atoms. The molecule has 0 spiro atoms. The average molecular weight is 206 g/mol. The lowest BCUT2D eigenvalue weighted by Crippen LogP contribution is -2.27. The van der Waals surface area contributed by atoms with Gasteiger partial charge < -0.3 is 9.32 Å². The second kappa shape index (κ2) is 5.20. The van der Waals surface area contributed by atoms with E-state index in [1.165, 1.54) is 11.2 Å². The zero-order valence-electron chi connectivity index (χ0n) is 8.99. The Bertz CT molecular complexity index is 376. The van der Waals surface area contributed by atoms with Crippen LogP contribution in [0, 0.1) is 11.3 Å². The molecule has 4 heteroatoms. The van der Waals surface area contributed by atoms with Crippen LogP contribution in [0.1, 0.15) is 29.5 Å². The molecule has 0 radical (unpaired) electrons. The fourth-order valence-corrected chi connectivity index (χ4v) is 1.33. The smallest absolute Gasteiger partial charge is 0.257 e. The summed E-state index contributed by atoms with van der Waals surface area (Å²) in [6.45, 7) is 2.38. The summed E-state index contributed by atoms with van der Waals surface area (Å²) in [7, 11) is 1.69. The predicted molar refractivity (Wildman–Crippen MR) is 55.3 cm³/mol. The quantitative estimate of drug-likeness (QED) is 0.755. The van der Waals surface area contributed by atoms with Crippen molar-refractivity contribution >= 4 is 5.91 Å². The zero-order chi connectivity index (χ0) is 11.3. The number of hydrogen-bond acceptors (Lipinski definition) is 3. The van der Waals surface area contributed by atoms with Crippen LogP contribution < -0.4 is 0 Å². The average Bonchev–Trinajstić information content (AvgIpc) is 2.72. The molecule has 0 saturated carbocycles. The van der Waals surface area contributed by atoms with Gasteiger partial charge in [0.05, 0.1) is 24.3 Å². The van der Waals surface area contributed by atoms with E-state index in [0.29, 0.717) is 30.7 Å². The fraction of sp³-hybridized carbons (Fsp3) is 0.455. The van der Waals surface area contributed by atoms with Gasteiger partial charge in [0.15, 0.2) is 0 Å². The van der Waals surface area contributed by atoms with Crippen LogP contribution in [0.15, 0.2) is 16.7 Å². The van der Waals surface area contributed by atoms with Crippen molar-refractivity contribution in [2.75, 3.05) is 13.6 Å². The highest BCUT2D eigenvalue weighted by molar-refractivity contribution is 5.95. The van der Waals surface area contributed by atoms with Crippen LogP contribution in [0.4, 0.5) is 0 Å². The van der Waals surface area contributed by atoms with Gasteiger partial charge in [-0.1, -0.05) is 6.92 Å². The van der Waals surface area contributed by atoms with E-state index in [0.717, 1.165) is 0 Å². The van der Waals surface area contributed by atoms with E-state index in [1.807, 2.05) is 13.0 Å². The van der Waals surface area contributed by atoms with Crippen LogP contribution in [0.3, 0.4) is 0 Å². The lowest BCUT2D eigenvalue weighted by Gasteiger charge is -2.14. The van der Waals surface area contributed by atoms with E-state index in [9.17, 15) is 4.79 Å². The molecule has 15 heavy (non-hydrogen) atoms. The van der Waals surface area contributed by atoms with Gasteiger partial charge >= 0.3 is 0 Å². The van der Waals surface area contributed by atoms with Gasteiger partial charge in [-0.05, 0) is 6.07 Å². The number of hydrogen-bond donors (Lipinski definition) is 0. The maximum Gasteiger partial charge on any atom is 0.257 e. The van der Waals surface area contributed by atoms with Crippen LogP contribution in [0.25, 0.3) is 0 Å². The van der Waals surface area contributed by atoms with Gasteiger partial charge in [-0.15, -0.1) is 0 Å². The summed E-state index contributed by atoms with van der Waals surface area (Å²) >= 11 is 0. The van der Waals surface area contributed by atoms with Crippen molar-refractivity contribution in [2.45, 2.75) is 19.8 Å². The maximum atomic E-state index is 11.8. The maximum absolute atomic E-state index is 11.8. The number of nitriles is 1. The Labute approximate surface area is 89.1 Å². The van der Waals surface area contributed by atoms with Crippen LogP contribution in [0.5, 0.6) is 0 Å². The first-order valence-corrected chi connectivity index (χ1v) is 4.89. The SMILES string of the molecule is CCc1occc1C(=O)N(C)CCC#N. The zero-order valence-corrected chi connectivity index (χ0v) is 8.99. The lowest BCUT2D eigenvalue weighted by atomic mass is 10.2. The summed E-state index contributed by atoms with van der Waals surface area (Å²) in [6, 6.07) is 3.68. The van der Waals surface area contributed by atoms with Crippen molar-refractivity contribution in [3.8, 4) is 6.07 Å². The van der Waals surface area contributed by atoms with Crippen molar-refractivity contribution in [2.24, 2.45) is 0 Å². The first-order valence-electron chi connectivity index (χ1n) is 4.89. The minimum atomic E-state index is -0.0872. The van der Waals surface area contributed by atoms with Crippen molar-refractivity contribution < 1.29 is 9.21 Å². The molecule has 0 N–H and O–H groups in total. The third-order valence-corrected chi connectivity index (χ3v) is 2.20. The van der Waals surface area contributed by atoms with E-state index in [4.69, 9.17) is 9.68 Å². The Morgan fingerprint density at radius 2 is 2.40 bits per heavy atom. The Kier molecular flexibility index (Phi) is 3.92. The molecule has 0 unspecified atom stereocenters. The largest absolute Gasteiger partial charge is 0.469 e. The molecule has 0 atom stereocenters. The summed E-state index contributed by atoms with van der Waals surface area (Å²) < 4.78 is 5.18. The first kappa shape index (κ1) is 11.3. The van der Waals surface area contributed by atoms with E-state index in [2.05, 4.69) is 0 Å². The molecule has 0 aliphatic carbocycles. The Balaban J connectivity index is 2.72. The number of aryl methyl sites for hydroxylation is 1. The van der Waals surface area contributed by atoms with Crippen molar-refractivity contribution in [3.05, 3.63) is 23.7 Å². The Hall–Kier alpha value is -1.76. The Morgan fingerprint density at radius 1 is 1.67 bits per heavy atom. The van der Waals surface area contributed by atoms with Gasteiger partial charge in [-0.25, -0.2) is 0 Å². The summed E-state index contributed by atoms with van der Waals surface area (Å²) in [5.41, 5.74) is 0.595. The molecule has 1 amide bonds. The number of rotatable bonds is 4. The molecule has 0 fully saturated rings. The molecule has 0 saturated heterocycles. The van der Waals surface area contributed by atoms with Crippen molar-refractivity contribution in [1.82, 2.24) is 4.90 Å². The number of nitrogens with zero attached hydrogens (tertiary/aromatic N) is 2. The fourth-order valence-electron chi connectivity index (χ4n) is 1.33. The summed E-state index contributed by atoms with van der Waals surface area (Å²) in [6.07, 6.45) is 2.56. The minimum absolute atomic E-state index is 0.0872. The van der Waals surface area contributed by atoms with Crippen LogP contribution in [-0.4, -0.2) is 24.4 Å². The summed E-state index contributed by atoms with van der Waals surface area (Å²) in [5, 5.41) is 8.42. The lowest BCUT2D eigenvalue weighted by molar-refractivity contribution is 0.0796. The second-order valence-electron chi connectivity index (χ2n) is 3.25. The highest BCUT2D eigenvalue weighted by atomic mass is 16.3. The topological polar surface area (TPSA) is 57.2 Å². The van der Waals surface area contributed by atoms with Crippen molar-refractivity contribution in [1.29, 1.82) is 5.26 Å². The molecule has 0 aliphatic heterocycles. The van der Waals surface area contributed by atoms with Gasteiger partial charge in [-0.2, -0.15) is 5.26 Å². The standard InChI is InChI=1S/C11H14N2O2/c1-3-10-9(5-8-15-10)11(14)13(2)7-4-6-12/h5,8H,3-4,7H2,1-2H3. The third kappa shape index (κ3) is 2.59. The van der Waals surface area contributed by atoms with Crippen LogP contribution in [0.2, 0.25) is 0 Å². The monoisotopic (exact) mass is 206 g/mol. The molecule has 0 aliphatic rings. The molecule has 1 aromatic heterocycles. The normalized spacial score (nSPS) is 9.67. The van der Waals surface area contributed by atoms with Gasteiger partial charge in [0.1, 0.15) is 5.76 Å². The van der Waals surface area contributed by atoms with E-state index < -0.39 is 0 Å². The number of furan rings is 1. The summed E-state index contributed by atoms with van der Waals surface area (Å²) in [5.74, 6) is 0.611. The predicted octanol–water partition coefficient (Wildman–Crippen LogP) is 1.83. The minimum Gasteiger partial charge on any atom is -0.469 e. The molecule has 0 aromatic carbocycles. The molecule has 1 aromatic rings. The highest BCUT2D eigenvalue weighted by Crippen LogP contribution is 2.13. The highest BCUT2D eigenvalue weighted by Gasteiger charge is 2.16. The van der Waals surface area contributed by atoms with Gasteiger partial charge in [-0.3, -0.25) is 4.79 Å². The molecule has 4 nitrogen and oxygen atoms in total. The van der Waals surface area contributed by atoms with E-state index in [-0.39, 0.29) is 5.91 Å². The number of carbonyl (C=O) groups excluding carboxylic acids is 1. The van der Waals surface area contributed by atoms with Gasteiger partial charge in [0.2, 0.25) is 0 Å². The number of carbonyl (C=O) groups is 1. The molecule has 1 rings (SSSR count). The van der Waals surface area contributed by atoms with Crippen LogP contribution in [-0.2, 0) is 6.42 Å². The van der Waals surface area contributed by atoms with E-state index in [1.54, 1.807) is 13.1 Å². The molecule has 80 valence electrons. The first-order chi connectivity index (χ1) is 7.20. The van der Waals surface area contributed by atoms with Gasteiger partial charge in [0, 0.05) is 20.0 Å². The Morgan fingerprint density at radius 3 is 3.00 bits per heavy atom. The van der Waals surface area contributed by atoms with Gasteiger partial charge in [0.25, 0.3) is 5.91 Å².